The molecule has 146 valence electrons. The van der Waals surface area contributed by atoms with Gasteiger partial charge < -0.3 is 14.6 Å². The summed E-state index contributed by atoms with van der Waals surface area (Å²) in [6, 6.07) is 7.51. The number of H-pyrrole nitrogens is 1. The van der Waals surface area contributed by atoms with Crippen LogP contribution in [0.3, 0.4) is 0 Å². The van der Waals surface area contributed by atoms with Gasteiger partial charge in [-0.3, -0.25) is 4.79 Å². The van der Waals surface area contributed by atoms with Gasteiger partial charge in [-0.1, -0.05) is 23.8 Å². The normalized spacial score (nSPS) is 15.7. The van der Waals surface area contributed by atoms with E-state index in [0.29, 0.717) is 32.8 Å². The Morgan fingerprint density at radius 2 is 1.93 bits per heavy atom. The highest BCUT2D eigenvalue weighted by molar-refractivity contribution is 7.89. The zero-order valence-electron chi connectivity index (χ0n) is 15.9. The Balaban J connectivity index is 1.74. The van der Waals surface area contributed by atoms with Gasteiger partial charge in [0.1, 0.15) is 10.6 Å². The van der Waals surface area contributed by atoms with Crippen LogP contribution in [0.15, 0.2) is 35.4 Å². The van der Waals surface area contributed by atoms with E-state index < -0.39 is 10.0 Å². The van der Waals surface area contributed by atoms with Crippen molar-refractivity contribution in [3.8, 4) is 0 Å². The first-order valence-corrected chi connectivity index (χ1v) is 10.3. The Bertz CT molecular complexity index is 930. The Morgan fingerprint density at radius 3 is 2.59 bits per heavy atom. The molecule has 8 heteroatoms. The van der Waals surface area contributed by atoms with Crippen molar-refractivity contribution < 1.29 is 17.9 Å². The predicted octanol–water partition coefficient (Wildman–Crippen LogP) is 1.92. The number of amides is 1. The molecule has 1 aromatic carbocycles. The van der Waals surface area contributed by atoms with Crippen molar-refractivity contribution in [3.05, 3.63) is 52.8 Å². The number of aromatic amines is 1. The van der Waals surface area contributed by atoms with E-state index in [1.54, 1.807) is 11.9 Å². The average Bonchev–Trinajstić information content (AvgIpc) is 3.15. The van der Waals surface area contributed by atoms with Gasteiger partial charge in [-0.15, -0.1) is 0 Å². The topological polar surface area (TPSA) is 82.7 Å². The molecule has 0 bridgehead atoms. The van der Waals surface area contributed by atoms with E-state index in [0.717, 1.165) is 11.1 Å². The van der Waals surface area contributed by atoms with Gasteiger partial charge >= 0.3 is 0 Å². The zero-order valence-corrected chi connectivity index (χ0v) is 16.7. The van der Waals surface area contributed by atoms with E-state index in [9.17, 15) is 13.2 Å². The minimum absolute atomic E-state index is 0.104. The van der Waals surface area contributed by atoms with Crippen molar-refractivity contribution in [1.82, 2.24) is 14.2 Å². The fourth-order valence-electron chi connectivity index (χ4n) is 3.14. The van der Waals surface area contributed by atoms with E-state index in [4.69, 9.17) is 4.74 Å². The smallest absolute Gasteiger partial charge is 0.270 e. The third-order valence-corrected chi connectivity index (χ3v) is 6.62. The monoisotopic (exact) mass is 391 g/mol. The van der Waals surface area contributed by atoms with Crippen molar-refractivity contribution in [2.24, 2.45) is 0 Å². The molecule has 1 N–H and O–H groups in total. The quantitative estimate of drug-likeness (QED) is 0.844. The van der Waals surface area contributed by atoms with Crippen molar-refractivity contribution in [2.75, 3.05) is 33.4 Å². The number of morpholine rings is 1. The van der Waals surface area contributed by atoms with Crippen molar-refractivity contribution in [1.29, 1.82) is 0 Å². The number of hydrogen-bond acceptors (Lipinski definition) is 4. The lowest BCUT2D eigenvalue weighted by Crippen LogP contribution is -2.40. The van der Waals surface area contributed by atoms with Crippen LogP contribution < -0.4 is 0 Å². The Kier molecular flexibility index (Phi) is 5.69. The van der Waals surface area contributed by atoms with Crippen LogP contribution >= 0.6 is 0 Å². The van der Waals surface area contributed by atoms with E-state index in [2.05, 4.69) is 11.1 Å². The summed E-state index contributed by atoms with van der Waals surface area (Å²) in [4.78, 5) is 17.2. The van der Waals surface area contributed by atoms with Crippen LogP contribution in [0.1, 0.15) is 27.2 Å². The van der Waals surface area contributed by atoms with Gasteiger partial charge in [-0.25, -0.2) is 8.42 Å². The maximum atomic E-state index is 12.7. The summed E-state index contributed by atoms with van der Waals surface area (Å²) in [5.41, 5.74) is 3.61. The molecule has 0 spiro atoms. The molecule has 0 unspecified atom stereocenters. The van der Waals surface area contributed by atoms with Gasteiger partial charge in [0, 0.05) is 32.9 Å². The molecule has 0 saturated carbocycles. The third kappa shape index (κ3) is 4.23. The predicted molar refractivity (Wildman–Crippen MR) is 102 cm³/mol. The minimum Gasteiger partial charge on any atom is -0.379 e. The summed E-state index contributed by atoms with van der Waals surface area (Å²) in [7, 11) is -1.91. The van der Waals surface area contributed by atoms with Crippen LogP contribution in [0.5, 0.6) is 0 Å². The molecule has 0 atom stereocenters. The molecule has 3 rings (SSSR count). The largest absolute Gasteiger partial charge is 0.379 e. The van der Waals surface area contributed by atoms with E-state index in [-0.39, 0.29) is 16.5 Å². The second kappa shape index (κ2) is 7.84. The molecule has 1 fully saturated rings. The number of nitrogens with zero attached hydrogens (tertiary/aromatic N) is 2. The van der Waals surface area contributed by atoms with Crippen LogP contribution in [0, 0.1) is 13.8 Å². The van der Waals surface area contributed by atoms with Crippen LogP contribution in [-0.4, -0.2) is 61.9 Å². The summed E-state index contributed by atoms with van der Waals surface area (Å²) in [5, 5.41) is 0. The van der Waals surface area contributed by atoms with Gasteiger partial charge in [0.25, 0.3) is 5.91 Å². The molecule has 0 radical (unpaired) electrons. The maximum Gasteiger partial charge on any atom is 0.270 e. The Morgan fingerprint density at radius 1 is 1.22 bits per heavy atom. The summed E-state index contributed by atoms with van der Waals surface area (Å²) in [6.07, 6.45) is 1.38. The summed E-state index contributed by atoms with van der Waals surface area (Å²) < 4.78 is 32.0. The molecule has 27 heavy (non-hydrogen) atoms. The molecular formula is C19H25N3O4S. The van der Waals surface area contributed by atoms with Crippen LogP contribution in [0.25, 0.3) is 0 Å². The molecule has 1 aromatic heterocycles. The molecule has 2 aromatic rings. The van der Waals surface area contributed by atoms with E-state index in [1.165, 1.54) is 22.1 Å². The van der Waals surface area contributed by atoms with Crippen LogP contribution in [-0.2, 0) is 21.3 Å². The van der Waals surface area contributed by atoms with Gasteiger partial charge in [0.2, 0.25) is 10.0 Å². The number of carbonyl (C=O) groups is 1. The molecular weight excluding hydrogens is 366 g/mol. The van der Waals surface area contributed by atoms with Gasteiger partial charge in [-0.05, 0) is 31.0 Å². The molecule has 1 saturated heterocycles. The second-order valence-electron chi connectivity index (χ2n) is 6.86. The standard InChI is InChI=1S/C19H25N3O4S/c1-14-4-5-16(15(2)10-14)13-21(3)19(23)18-11-17(12-20-18)27(24,25)22-6-8-26-9-7-22/h4-5,10-12,20H,6-9,13H2,1-3H3. The highest BCUT2D eigenvalue weighted by Gasteiger charge is 2.28. The number of aromatic nitrogens is 1. The minimum atomic E-state index is -3.62. The lowest BCUT2D eigenvalue weighted by Gasteiger charge is -2.25. The number of aryl methyl sites for hydroxylation is 2. The fraction of sp³-hybridized carbons (Fsp3) is 0.421. The Labute approximate surface area is 160 Å². The first kappa shape index (κ1) is 19.6. The number of nitrogens with one attached hydrogen (secondary N) is 1. The molecule has 0 aliphatic carbocycles. The molecule has 1 aliphatic heterocycles. The lowest BCUT2D eigenvalue weighted by atomic mass is 10.1. The number of benzene rings is 1. The number of rotatable bonds is 5. The average molecular weight is 391 g/mol. The first-order valence-electron chi connectivity index (χ1n) is 8.87. The van der Waals surface area contributed by atoms with Gasteiger partial charge in [-0.2, -0.15) is 4.31 Å². The molecule has 7 nitrogen and oxygen atoms in total. The third-order valence-electron chi connectivity index (χ3n) is 4.75. The van der Waals surface area contributed by atoms with Gasteiger partial charge in [0.05, 0.1) is 13.2 Å². The highest BCUT2D eigenvalue weighted by Crippen LogP contribution is 2.19. The van der Waals surface area contributed by atoms with Gasteiger partial charge in [0.15, 0.2) is 0 Å². The van der Waals surface area contributed by atoms with E-state index >= 15 is 0 Å². The molecule has 1 amide bonds. The SMILES string of the molecule is Cc1ccc(CN(C)C(=O)c2cc(S(=O)(=O)N3CCOCC3)c[nH]2)c(C)c1. The van der Waals surface area contributed by atoms with Crippen molar-refractivity contribution in [2.45, 2.75) is 25.3 Å². The Hall–Kier alpha value is -2.16. The summed E-state index contributed by atoms with van der Waals surface area (Å²) in [5.74, 6) is -0.251. The number of carbonyl (C=O) groups excluding carboxylic acids is 1. The molecule has 1 aliphatic rings. The maximum absolute atomic E-state index is 12.7. The van der Waals surface area contributed by atoms with Crippen LogP contribution in [0.4, 0.5) is 0 Å². The number of sulfonamides is 1. The molecule has 2 heterocycles. The summed E-state index contributed by atoms with van der Waals surface area (Å²) >= 11 is 0. The second-order valence-corrected chi connectivity index (χ2v) is 8.79. The zero-order chi connectivity index (χ0) is 19.6. The first-order chi connectivity index (χ1) is 12.8. The highest BCUT2D eigenvalue weighted by atomic mass is 32.2. The number of hydrogen-bond donors (Lipinski definition) is 1. The lowest BCUT2D eigenvalue weighted by molar-refractivity contribution is 0.0730. The number of ether oxygens (including phenoxy) is 1. The van der Waals surface area contributed by atoms with Crippen molar-refractivity contribution in [3.63, 3.8) is 0 Å². The van der Waals surface area contributed by atoms with E-state index in [1.807, 2.05) is 26.0 Å². The van der Waals surface area contributed by atoms with Crippen LogP contribution in [0.2, 0.25) is 0 Å². The fourth-order valence-corrected chi connectivity index (χ4v) is 4.54. The summed E-state index contributed by atoms with van der Waals surface area (Å²) in [6.45, 7) is 5.91. The van der Waals surface area contributed by atoms with Crippen molar-refractivity contribution >= 4 is 15.9 Å².